The van der Waals surface area contributed by atoms with Crippen LogP contribution in [0.2, 0.25) is 0 Å². The van der Waals surface area contributed by atoms with Crippen molar-refractivity contribution in [1.82, 2.24) is 10.1 Å². The molecular weight excluding hydrogens is 226 g/mol. The second-order valence-electron chi connectivity index (χ2n) is 4.98. The summed E-state index contributed by atoms with van der Waals surface area (Å²) in [7, 11) is 0. The number of rotatable bonds is 4. The molecule has 94 valence electrons. The van der Waals surface area contributed by atoms with Gasteiger partial charge in [-0.3, -0.25) is 0 Å². The van der Waals surface area contributed by atoms with Crippen LogP contribution in [0.15, 0.2) is 28.8 Å². The van der Waals surface area contributed by atoms with Gasteiger partial charge in [0, 0.05) is 18.0 Å². The van der Waals surface area contributed by atoms with Gasteiger partial charge in [-0.05, 0) is 24.3 Å². The minimum absolute atomic E-state index is 0.384. The van der Waals surface area contributed by atoms with Gasteiger partial charge in [-0.1, -0.05) is 36.3 Å². The maximum absolute atomic E-state index is 5.57. The molecule has 0 aliphatic heterocycles. The van der Waals surface area contributed by atoms with E-state index in [0.29, 0.717) is 18.3 Å². The van der Waals surface area contributed by atoms with Gasteiger partial charge in [0.15, 0.2) is 0 Å². The molecule has 2 aromatic rings. The minimum atomic E-state index is 0.384. The lowest BCUT2D eigenvalue weighted by Gasteiger charge is -2.01. The standard InChI is InChI=1S/C14H17N3O/c1-9(11-6-7-11)14-16-13(17-18-14)12-4-2-10(8-15)3-5-12/h2-5,9,11H,6-8,15H2,1H3. The first-order valence-corrected chi connectivity index (χ1v) is 6.41. The summed E-state index contributed by atoms with van der Waals surface area (Å²) in [4.78, 5) is 4.49. The molecule has 1 unspecified atom stereocenters. The Balaban J connectivity index is 1.82. The summed E-state index contributed by atoms with van der Waals surface area (Å²) in [5.74, 6) is 2.55. The van der Waals surface area contributed by atoms with Gasteiger partial charge in [0.25, 0.3) is 0 Å². The molecule has 1 aliphatic rings. The maximum atomic E-state index is 5.57. The molecule has 1 saturated carbocycles. The monoisotopic (exact) mass is 243 g/mol. The summed E-state index contributed by atoms with van der Waals surface area (Å²) in [6, 6.07) is 7.96. The van der Waals surface area contributed by atoms with Crippen molar-refractivity contribution in [2.24, 2.45) is 11.7 Å². The molecule has 3 rings (SSSR count). The molecular formula is C14H17N3O. The van der Waals surface area contributed by atoms with Crippen LogP contribution < -0.4 is 5.73 Å². The highest BCUT2D eigenvalue weighted by Crippen LogP contribution is 2.41. The van der Waals surface area contributed by atoms with Gasteiger partial charge in [-0.15, -0.1) is 0 Å². The average molecular weight is 243 g/mol. The molecule has 1 heterocycles. The van der Waals surface area contributed by atoms with Gasteiger partial charge in [0.05, 0.1) is 0 Å². The quantitative estimate of drug-likeness (QED) is 0.896. The number of aromatic nitrogens is 2. The van der Waals surface area contributed by atoms with Crippen LogP contribution in [-0.4, -0.2) is 10.1 Å². The Kier molecular flexibility index (Phi) is 2.88. The van der Waals surface area contributed by atoms with Crippen LogP contribution >= 0.6 is 0 Å². The van der Waals surface area contributed by atoms with E-state index in [4.69, 9.17) is 10.3 Å². The van der Waals surface area contributed by atoms with Crippen molar-refractivity contribution in [1.29, 1.82) is 0 Å². The lowest BCUT2D eigenvalue weighted by molar-refractivity contribution is 0.349. The first-order valence-electron chi connectivity index (χ1n) is 6.41. The molecule has 0 radical (unpaired) electrons. The number of hydrogen-bond donors (Lipinski definition) is 1. The smallest absolute Gasteiger partial charge is 0.230 e. The summed E-state index contributed by atoms with van der Waals surface area (Å²) in [6.45, 7) is 2.71. The van der Waals surface area contributed by atoms with Gasteiger partial charge in [0.2, 0.25) is 11.7 Å². The first-order chi connectivity index (χ1) is 8.78. The number of nitrogens with zero attached hydrogens (tertiary/aromatic N) is 2. The molecule has 1 aromatic heterocycles. The van der Waals surface area contributed by atoms with Crippen molar-refractivity contribution in [3.8, 4) is 11.4 Å². The highest BCUT2D eigenvalue weighted by molar-refractivity contribution is 5.54. The lowest BCUT2D eigenvalue weighted by atomic mass is 10.1. The van der Waals surface area contributed by atoms with E-state index >= 15 is 0 Å². The number of hydrogen-bond acceptors (Lipinski definition) is 4. The highest BCUT2D eigenvalue weighted by Gasteiger charge is 2.32. The van der Waals surface area contributed by atoms with E-state index in [2.05, 4.69) is 17.1 Å². The third kappa shape index (κ3) is 2.16. The largest absolute Gasteiger partial charge is 0.339 e. The molecule has 0 amide bonds. The Morgan fingerprint density at radius 2 is 2.06 bits per heavy atom. The zero-order valence-corrected chi connectivity index (χ0v) is 10.5. The Hall–Kier alpha value is -1.68. The van der Waals surface area contributed by atoms with Crippen molar-refractivity contribution in [2.45, 2.75) is 32.2 Å². The first kappa shape index (κ1) is 11.4. The van der Waals surface area contributed by atoms with Gasteiger partial charge >= 0.3 is 0 Å². The summed E-state index contributed by atoms with van der Waals surface area (Å²) in [6.07, 6.45) is 2.56. The molecule has 2 N–H and O–H groups in total. The van der Waals surface area contributed by atoms with Gasteiger partial charge in [0.1, 0.15) is 0 Å². The Labute approximate surface area is 106 Å². The van der Waals surface area contributed by atoms with E-state index in [0.717, 1.165) is 22.9 Å². The van der Waals surface area contributed by atoms with Crippen LogP contribution in [0.1, 0.15) is 37.1 Å². The third-order valence-corrected chi connectivity index (χ3v) is 3.61. The van der Waals surface area contributed by atoms with E-state index in [1.165, 1.54) is 12.8 Å². The van der Waals surface area contributed by atoms with Crippen LogP contribution in [0.25, 0.3) is 11.4 Å². The molecule has 4 heteroatoms. The van der Waals surface area contributed by atoms with Crippen LogP contribution in [0.4, 0.5) is 0 Å². The average Bonchev–Trinajstić information content (AvgIpc) is 3.15. The molecule has 4 nitrogen and oxygen atoms in total. The van der Waals surface area contributed by atoms with Gasteiger partial charge in [-0.2, -0.15) is 4.98 Å². The molecule has 0 spiro atoms. The Bertz CT molecular complexity index is 528. The number of nitrogens with two attached hydrogens (primary N) is 1. The topological polar surface area (TPSA) is 64.9 Å². The highest BCUT2D eigenvalue weighted by atomic mass is 16.5. The van der Waals surface area contributed by atoms with E-state index in [-0.39, 0.29) is 0 Å². The van der Waals surface area contributed by atoms with Crippen molar-refractivity contribution < 1.29 is 4.52 Å². The minimum Gasteiger partial charge on any atom is -0.339 e. The fourth-order valence-corrected chi connectivity index (χ4v) is 2.13. The maximum Gasteiger partial charge on any atom is 0.230 e. The molecule has 1 fully saturated rings. The normalized spacial score (nSPS) is 16.8. The zero-order valence-electron chi connectivity index (χ0n) is 10.5. The second-order valence-corrected chi connectivity index (χ2v) is 4.98. The lowest BCUT2D eigenvalue weighted by Crippen LogP contribution is -1.96. The molecule has 0 saturated heterocycles. The van der Waals surface area contributed by atoms with Crippen LogP contribution in [0.3, 0.4) is 0 Å². The zero-order chi connectivity index (χ0) is 12.5. The molecule has 0 bridgehead atoms. The molecule has 1 aromatic carbocycles. The van der Waals surface area contributed by atoms with Crippen molar-refractivity contribution in [3.63, 3.8) is 0 Å². The molecule has 18 heavy (non-hydrogen) atoms. The number of benzene rings is 1. The van der Waals surface area contributed by atoms with Crippen molar-refractivity contribution in [3.05, 3.63) is 35.7 Å². The fraction of sp³-hybridized carbons (Fsp3) is 0.429. The van der Waals surface area contributed by atoms with E-state index in [1.54, 1.807) is 0 Å². The predicted octanol–water partition coefficient (Wildman–Crippen LogP) is 2.71. The van der Waals surface area contributed by atoms with Crippen LogP contribution in [-0.2, 0) is 6.54 Å². The third-order valence-electron chi connectivity index (χ3n) is 3.61. The van der Waals surface area contributed by atoms with Gasteiger partial charge < -0.3 is 10.3 Å². The van der Waals surface area contributed by atoms with E-state index < -0.39 is 0 Å². The van der Waals surface area contributed by atoms with Crippen molar-refractivity contribution in [2.75, 3.05) is 0 Å². The summed E-state index contributed by atoms with van der Waals surface area (Å²) in [5.41, 5.74) is 7.66. The van der Waals surface area contributed by atoms with E-state index in [1.807, 2.05) is 24.3 Å². The van der Waals surface area contributed by atoms with Crippen LogP contribution in [0.5, 0.6) is 0 Å². The molecule has 1 atom stereocenters. The van der Waals surface area contributed by atoms with Crippen LogP contribution in [0, 0.1) is 5.92 Å². The molecule has 1 aliphatic carbocycles. The summed E-state index contributed by atoms with van der Waals surface area (Å²) in [5, 5.41) is 4.06. The van der Waals surface area contributed by atoms with Gasteiger partial charge in [-0.25, -0.2) is 0 Å². The summed E-state index contributed by atoms with van der Waals surface area (Å²) >= 11 is 0. The Morgan fingerprint density at radius 1 is 1.33 bits per heavy atom. The second kappa shape index (κ2) is 4.53. The van der Waals surface area contributed by atoms with Crippen molar-refractivity contribution >= 4 is 0 Å². The SMILES string of the molecule is CC(c1nc(-c2ccc(CN)cc2)no1)C1CC1. The Morgan fingerprint density at radius 3 is 2.67 bits per heavy atom. The predicted molar refractivity (Wildman–Crippen MR) is 68.8 cm³/mol. The van der Waals surface area contributed by atoms with E-state index in [9.17, 15) is 0 Å². The summed E-state index contributed by atoms with van der Waals surface area (Å²) < 4.78 is 5.35. The fourth-order valence-electron chi connectivity index (χ4n) is 2.13.